The molecule has 1 nitrogen and oxygen atoms in total. The second kappa shape index (κ2) is 3.96. The molecule has 0 aliphatic carbocycles. The van der Waals surface area contributed by atoms with E-state index in [2.05, 4.69) is 67.6 Å². The van der Waals surface area contributed by atoms with Gasteiger partial charge in [-0.05, 0) is 45.7 Å². The molecule has 0 amide bonds. The van der Waals surface area contributed by atoms with Gasteiger partial charge in [0.15, 0.2) is 0 Å². The SMILES string of the molecule is CC(C)(C)C(N)c1ccc(I)cc1. The van der Waals surface area contributed by atoms with Crippen LogP contribution in [0.15, 0.2) is 24.3 Å². The van der Waals surface area contributed by atoms with Crippen molar-refractivity contribution in [1.29, 1.82) is 0 Å². The molecular weight excluding hydrogens is 273 g/mol. The van der Waals surface area contributed by atoms with Crippen molar-refractivity contribution in [2.75, 3.05) is 0 Å². The van der Waals surface area contributed by atoms with Gasteiger partial charge in [-0.3, -0.25) is 0 Å². The Bertz CT molecular complexity index is 271. The first-order chi connectivity index (χ1) is 5.91. The Balaban J connectivity index is 2.90. The quantitative estimate of drug-likeness (QED) is 0.788. The Morgan fingerprint density at radius 2 is 1.62 bits per heavy atom. The minimum atomic E-state index is 0.115. The van der Waals surface area contributed by atoms with Crippen LogP contribution in [-0.2, 0) is 0 Å². The van der Waals surface area contributed by atoms with Gasteiger partial charge in [0.2, 0.25) is 0 Å². The fourth-order valence-electron chi connectivity index (χ4n) is 1.17. The van der Waals surface area contributed by atoms with Crippen molar-refractivity contribution in [3.8, 4) is 0 Å². The standard InChI is InChI=1S/C11H16IN/c1-11(2,3)10(13)8-4-6-9(12)7-5-8/h4-7,10H,13H2,1-3H3. The van der Waals surface area contributed by atoms with Crippen LogP contribution < -0.4 is 5.73 Å². The number of hydrogen-bond acceptors (Lipinski definition) is 1. The van der Waals surface area contributed by atoms with Crippen LogP contribution in [0.1, 0.15) is 32.4 Å². The van der Waals surface area contributed by atoms with Crippen molar-refractivity contribution in [2.24, 2.45) is 11.1 Å². The zero-order valence-electron chi connectivity index (χ0n) is 8.34. The molecule has 0 aromatic heterocycles. The third-order valence-corrected chi connectivity index (χ3v) is 2.88. The smallest absolute Gasteiger partial charge is 0.0344 e. The summed E-state index contributed by atoms with van der Waals surface area (Å²) in [6.45, 7) is 6.49. The zero-order valence-corrected chi connectivity index (χ0v) is 10.5. The molecule has 0 saturated carbocycles. The zero-order chi connectivity index (χ0) is 10.1. The summed E-state index contributed by atoms with van der Waals surface area (Å²) in [5.41, 5.74) is 7.47. The normalized spacial score (nSPS) is 14.2. The van der Waals surface area contributed by atoms with Crippen molar-refractivity contribution in [3.63, 3.8) is 0 Å². The van der Waals surface area contributed by atoms with Gasteiger partial charge in [-0.25, -0.2) is 0 Å². The second-order valence-corrected chi connectivity index (χ2v) is 5.64. The average Bonchev–Trinajstić information content (AvgIpc) is 2.03. The number of benzene rings is 1. The monoisotopic (exact) mass is 289 g/mol. The van der Waals surface area contributed by atoms with E-state index in [1.165, 1.54) is 9.13 Å². The molecular formula is C11H16IN. The number of hydrogen-bond donors (Lipinski definition) is 1. The lowest BCUT2D eigenvalue weighted by molar-refractivity contribution is 0.327. The third-order valence-electron chi connectivity index (χ3n) is 2.16. The molecule has 1 atom stereocenters. The molecule has 1 aromatic carbocycles. The van der Waals surface area contributed by atoms with E-state index in [9.17, 15) is 0 Å². The lowest BCUT2D eigenvalue weighted by atomic mass is 9.83. The Kier molecular flexibility index (Phi) is 3.35. The van der Waals surface area contributed by atoms with Gasteiger partial charge in [0.05, 0.1) is 0 Å². The van der Waals surface area contributed by atoms with E-state index in [4.69, 9.17) is 5.73 Å². The molecule has 2 N–H and O–H groups in total. The number of halogens is 1. The van der Waals surface area contributed by atoms with E-state index in [0.29, 0.717) is 0 Å². The summed E-state index contributed by atoms with van der Waals surface area (Å²) < 4.78 is 1.25. The van der Waals surface area contributed by atoms with Crippen LogP contribution >= 0.6 is 22.6 Å². The second-order valence-electron chi connectivity index (χ2n) is 4.40. The van der Waals surface area contributed by atoms with Gasteiger partial charge in [-0.2, -0.15) is 0 Å². The van der Waals surface area contributed by atoms with Gasteiger partial charge in [-0.1, -0.05) is 32.9 Å². The summed E-state index contributed by atoms with van der Waals surface area (Å²) in [6, 6.07) is 8.53. The molecule has 0 aliphatic heterocycles. The minimum absolute atomic E-state index is 0.115. The molecule has 13 heavy (non-hydrogen) atoms. The summed E-state index contributed by atoms with van der Waals surface area (Å²) in [7, 11) is 0. The highest BCUT2D eigenvalue weighted by Crippen LogP contribution is 2.30. The molecule has 0 bridgehead atoms. The lowest BCUT2D eigenvalue weighted by Gasteiger charge is -2.27. The molecule has 2 heteroatoms. The summed E-state index contributed by atoms with van der Waals surface area (Å²) in [4.78, 5) is 0. The molecule has 0 heterocycles. The van der Waals surface area contributed by atoms with Crippen LogP contribution in [0, 0.1) is 8.99 Å². The molecule has 1 aromatic rings. The van der Waals surface area contributed by atoms with Crippen molar-refractivity contribution < 1.29 is 0 Å². The third kappa shape index (κ3) is 2.95. The highest BCUT2D eigenvalue weighted by Gasteiger charge is 2.21. The van der Waals surface area contributed by atoms with E-state index in [1.54, 1.807) is 0 Å². The van der Waals surface area contributed by atoms with Crippen LogP contribution in [0.4, 0.5) is 0 Å². The molecule has 1 rings (SSSR count). The maximum Gasteiger partial charge on any atom is 0.0344 e. The van der Waals surface area contributed by atoms with E-state index < -0.39 is 0 Å². The number of rotatable bonds is 1. The molecule has 1 unspecified atom stereocenters. The molecule has 0 aliphatic rings. The van der Waals surface area contributed by atoms with Crippen LogP contribution in [0.25, 0.3) is 0 Å². The van der Waals surface area contributed by atoms with E-state index in [0.717, 1.165) is 0 Å². The fourth-order valence-corrected chi connectivity index (χ4v) is 1.53. The molecule has 0 fully saturated rings. The van der Waals surface area contributed by atoms with E-state index in [-0.39, 0.29) is 11.5 Å². The van der Waals surface area contributed by atoms with Crippen molar-refractivity contribution >= 4 is 22.6 Å². The largest absolute Gasteiger partial charge is 0.324 e. The molecule has 0 spiro atoms. The topological polar surface area (TPSA) is 26.0 Å². The van der Waals surface area contributed by atoms with Crippen LogP contribution in [0.5, 0.6) is 0 Å². The first-order valence-electron chi connectivity index (χ1n) is 4.42. The van der Waals surface area contributed by atoms with Crippen molar-refractivity contribution in [3.05, 3.63) is 33.4 Å². The van der Waals surface area contributed by atoms with Crippen molar-refractivity contribution in [2.45, 2.75) is 26.8 Å². The Labute approximate surface area is 93.9 Å². The Morgan fingerprint density at radius 3 is 2.00 bits per heavy atom. The van der Waals surface area contributed by atoms with E-state index in [1.807, 2.05) is 0 Å². The van der Waals surface area contributed by atoms with Gasteiger partial charge < -0.3 is 5.73 Å². The minimum Gasteiger partial charge on any atom is -0.324 e. The summed E-state index contributed by atoms with van der Waals surface area (Å²) >= 11 is 2.30. The van der Waals surface area contributed by atoms with Crippen LogP contribution in [-0.4, -0.2) is 0 Å². The Morgan fingerprint density at radius 1 is 1.15 bits per heavy atom. The summed E-state index contributed by atoms with van der Waals surface area (Å²) in [6.07, 6.45) is 0. The average molecular weight is 289 g/mol. The van der Waals surface area contributed by atoms with E-state index >= 15 is 0 Å². The highest BCUT2D eigenvalue weighted by atomic mass is 127. The van der Waals surface area contributed by atoms with Gasteiger partial charge in [0.1, 0.15) is 0 Å². The number of nitrogens with two attached hydrogens (primary N) is 1. The first kappa shape index (κ1) is 11.0. The van der Waals surface area contributed by atoms with Crippen molar-refractivity contribution in [1.82, 2.24) is 0 Å². The Hall–Kier alpha value is -0.0900. The van der Waals surface area contributed by atoms with Gasteiger partial charge in [0.25, 0.3) is 0 Å². The highest BCUT2D eigenvalue weighted by molar-refractivity contribution is 14.1. The van der Waals surface area contributed by atoms with Gasteiger partial charge >= 0.3 is 0 Å². The van der Waals surface area contributed by atoms with Gasteiger partial charge in [-0.15, -0.1) is 0 Å². The van der Waals surface area contributed by atoms with Crippen LogP contribution in [0.3, 0.4) is 0 Å². The fraction of sp³-hybridized carbons (Fsp3) is 0.455. The molecule has 72 valence electrons. The van der Waals surface area contributed by atoms with Crippen LogP contribution in [0.2, 0.25) is 0 Å². The predicted molar refractivity (Wildman–Crippen MR) is 65.5 cm³/mol. The lowest BCUT2D eigenvalue weighted by Crippen LogP contribution is -2.26. The molecule has 0 saturated heterocycles. The maximum absolute atomic E-state index is 6.12. The van der Waals surface area contributed by atoms with Gasteiger partial charge in [0, 0.05) is 9.61 Å². The predicted octanol–water partition coefficient (Wildman–Crippen LogP) is 3.34. The first-order valence-corrected chi connectivity index (χ1v) is 5.50. The molecule has 0 radical (unpaired) electrons. The summed E-state index contributed by atoms with van der Waals surface area (Å²) in [5.74, 6) is 0. The maximum atomic E-state index is 6.12. The summed E-state index contributed by atoms with van der Waals surface area (Å²) in [5, 5.41) is 0.